The maximum absolute atomic E-state index is 13.5. The van der Waals surface area contributed by atoms with Crippen molar-refractivity contribution in [1.29, 1.82) is 0 Å². The molecule has 9 fully saturated rings. The molecule has 9 rings (SSSR count). The number of amides is 4. The average Bonchev–Trinajstić information content (AvgIpc) is 0.766. The minimum atomic E-state index is -5.01. The van der Waals surface area contributed by atoms with Crippen LogP contribution in [0.1, 0.15) is 41.5 Å². The number of hydrogen-bond acceptors (Lipinski definition) is 46. The smallest absolute Gasteiger partial charge is 0.394 e. The van der Waals surface area contributed by atoms with Crippen LogP contribution in [0.25, 0.3) is 0 Å². The molecule has 46 atom stereocenters. The molecule has 0 aliphatic carbocycles. The predicted octanol–water partition coefficient (Wildman–Crippen LogP) is -17.1. The van der Waals surface area contributed by atoms with Crippen molar-refractivity contribution >= 4 is 31.5 Å². The lowest BCUT2D eigenvalue weighted by atomic mass is 9.93. The molecule has 0 bridgehead atoms. The fourth-order valence-corrected chi connectivity index (χ4v) is 15.6. The quantitative estimate of drug-likeness (QED) is 0.0214. The van der Waals surface area contributed by atoms with Crippen molar-refractivity contribution in [2.75, 3.05) is 80.5 Å². The summed E-state index contributed by atoms with van der Waals surface area (Å²) in [4.78, 5) is 62.4. The predicted molar refractivity (Wildman–Crippen MR) is 378 cm³/mol. The molecule has 1 unspecified atom stereocenters. The van der Waals surface area contributed by atoms with Crippen LogP contribution in [0.15, 0.2) is 0 Å². The molecule has 0 aromatic carbocycles. The molecule has 9 aliphatic rings. The Kier molecular flexibility index (Phi) is 35.9. The third-order valence-electron chi connectivity index (χ3n) is 21.5. The summed E-state index contributed by atoms with van der Waals surface area (Å²) in [5.74, 6) is -3.70. The number of carbonyl (C=O) groups is 4. The highest BCUT2D eigenvalue weighted by Crippen LogP contribution is 2.45. The third kappa shape index (κ3) is 23.8. The van der Waals surface area contributed by atoms with Gasteiger partial charge < -0.3 is 224 Å². The molecule has 0 spiro atoms. The Labute approximate surface area is 684 Å². The molecule has 696 valence electrons. The van der Waals surface area contributed by atoms with Crippen LogP contribution in [-0.2, 0) is 113 Å². The van der Waals surface area contributed by atoms with Crippen LogP contribution in [-0.4, -0.2) is 502 Å². The molecule has 0 aromatic rings. The number of likely N-dealkylation sites (N-methyl/N-ethyl adjacent to an activating group) is 1. The summed E-state index contributed by atoms with van der Waals surface area (Å²) >= 11 is 0. The molecule has 52 nitrogen and oxygen atoms in total. The lowest BCUT2D eigenvalue weighted by Gasteiger charge is -2.51. The zero-order valence-electron chi connectivity index (χ0n) is 66.3. The van der Waals surface area contributed by atoms with Crippen LogP contribution in [0.5, 0.6) is 0 Å². The van der Waals surface area contributed by atoms with E-state index < -0.39 is 354 Å². The van der Waals surface area contributed by atoms with E-state index in [1.54, 1.807) is 21.1 Å². The maximum Gasteiger partial charge on any atom is 0.472 e. The summed E-state index contributed by atoms with van der Waals surface area (Å²) in [6.07, 6.45) is -84.8. The van der Waals surface area contributed by atoms with Gasteiger partial charge in [-0.15, -0.1) is 0 Å². The van der Waals surface area contributed by atoms with Gasteiger partial charge in [0.05, 0.1) is 79.6 Å². The van der Waals surface area contributed by atoms with Gasteiger partial charge in [-0.1, -0.05) is 0 Å². The monoisotopic (exact) mass is 1770 g/mol. The Morgan fingerprint density at radius 3 is 1.18 bits per heavy atom. The maximum atomic E-state index is 13.5. The van der Waals surface area contributed by atoms with Gasteiger partial charge in [-0.3, -0.25) is 28.2 Å². The van der Waals surface area contributed by atoms with E-state index in [4.69, 9.17) is 89.6 Å². The minimum absolute atomic E-state index is 0.184. The van der Waals surface area contributed by atoms with Crippen LogP contribution < -0.4 is 21.3 Å². The van der Waals surface area contributed by atoms with Gasteiger partial charge in [-0.05, 0) is 13.8 Å². The van der Waals surface area contributed by atoms with Gasteiger partial charge in [0.25, 0.3) is 0 Å². The summed E-state index contributed by atoms with van der Waals surface area (Å²) in [6.45, 7) is -1.53. The number of rotatable bonds is 33. The molecule has 9 aliphatic heterocycles. The fraction of sp³-hybridized carbons (Fsp3) is 0.940. The van der Waals surface area contributed by atoms with Crippen LogP contribution in [0.3, 0.4) is 0 Å². The van der Waals surface area contributed by atoms with Gasteiger partial charge >= 0.3 is 7.82 Å². The highest BCUT2D eigenvalue weighted by atomic mass is 31.2. The third-order valence-corrected chi connectivity index (χ3v) is 22.5. The average molecular weight is 1780 g/mol. The van der Waals surface area contributed by atoms with Gasteiger partial charge in [-0.25, -0.2) is 4.57 Å². The molecule has 53 heteroatoms. The van der Waals surface area contributed by atoms with E-state index in [1.807, 2.05) is 0 Å². The zero-order chi connectivity index (χ0) is 88.9. The first kappa shape index (κ1) is 100. The van der Waals surface area contributed by atoms with Crippen LogP contribution >= 0.6 is 7.82 Å². The lowest BCUT2D eigenvalue weighted by molar-refractivity contribution is -0.870. The second kappa shape index (κ2) is 43.0. The van der Waals surface area contributed by atoms with Gasteiger partial charge in [0.15, 0.2) is 56.6 Å². The Morgan fingerprint density at radius 1 is 0.317 bits per heavy atom. The van der Waals surface area contributed by atoms with E-state index >= 15 is 0 Å². The Balaban J connectivity index is 1.09. The summed E-state index contributed by atoms with van der Waals surface area (Å²) in [5, 5.41) is 259. The van der Waals surface area contributed by atoms with E-state index in [1.165, 1.54) is 13.8 Å². The first-order chi connectivity index (χ1) is 56.2. The number of phosphoric ester groups is 1. The van der Waals surface area contributed by atoms with E-state index in [2.05, 4.69) is 21.3 Å². The molecular formula is C67H117N5O47P+. The number of aliphatic hydroxyl groups is 22. The standard InChI is InChI=1S/C67H116N5O47P/c1-19-36(81)46(91)50(95)63(105-19)101-17-31-54(55(35(59(98)107-31)71-24(6)80)116-64-51(96)47(92)37(82)20(2)106-64)115-62-34(70-23(5)79)45(90)53(28(15-76)111-62)114-65-52(97)56(42(87)29(113-65)16-102-66-57(48(93)39(84)26(13-74)109-66)118-60-32(68-21(3)77)43(88)38(83)25(12-73)108-60)117-67-58(49(94)40(85)27(14-75)110-67)119-61-33(69-22(4)78)44(89)41(86)30(112-61)18-104-120(99,100)103-11-10-72(7,8)9/h19-20,25-67,73-76,81-98H,10-18H2,1-9H3,(H4-,68,69,70,71,77,78,79,80,99,100)/p+1/t19-,20-,25+,26+,27+,28+,29+,30+,31+,32+,33+,34+,35+,36+,37+,38+,39+,40+,41+,42+,43+,44+,45+,46+,47+,48-,49-,50-,51-,52-,53+,54+,55+,56-,57-,58-,59+,60-,61-,62-,63+,64-,65-,66-,67+/m0/s1. The van der Waals surface area contributed by atoms with Crippen LogP contribution in [0.2, 0.25) is 0 Å². The van der Waals surface area contributed by atoms with Gasteiger partial charge in [0, 0.05) is 27.7 Å². The molecule has 120 heavy (non-hydrogen) atoms. The van der Waals surface area contributed by atoms with Crippen molar-refractivity contribution in [2.45, 2.75) is 318 Å². The molecular weight excluding hydrogens is 1660 g/mol. The Bertz CT molecular complexity index is 3300. The van der Waals surface area contributed by atoms with E-state index in [0.717, 1.165) is 27.7 Å². The fourth-order valence-electron chi connectivity index (χ4n) is 14.8. The minimum Gasteiger partial charge on any atom is -0.394 e. The Hall–Kier alpha value is -3.61. The Morgan fingerprint density at radius 2 is 0.675 bits per heavy atom. The molecule has 27 N–H and O–H groups in total. The van der Waals surface area contributed by atoms with Crippen molar-refractivity contribution in [1.82, 2.24) is 21.3 Å². The number of quaternary nitrogens is 1. The van der Waals surface area contributed by atoms with Gasteiger partial charge in [-0.2, -0.15) is 0 Å². The van der Waals surface area contributed by atoms with E-state index in [-0.39, 0.29) is 17.6 Å². The number of phosphoric acid groups is 1. The lowest BCUT2D eigenvalue weighted by Crippen LogP contribution is -2.71. The molecule has 9 saturated heterocycles. The number of nitrogens with one attached hydrogen (secondary N) is 4. The molecule has 9 heterocycles. The summed E-state index contributed by atoms with van der Waals surface area (Å²) in [5.41, 5.74) is 0. The number of aliphatic hydroxyl groups excluding tert-OH is 22. The highest BCUT2D eigenvalue weighted by molar-refractivity contribution is 7.47. The van der Waals surface area contributed by atoms with Gasteiger partial charge in [0.1, 0.15) is 220 Å². The second-order valence-corrected chi connectivity index (χ2v) is 33.1. The largest absolute Gasteiger partial charge is 0.472 e. The highest BCUT2D eigenvalue weighted by Gasteiger charge is 2.61. The first-order valence-electron chi connectivity index (χ1n) is 38.5. The number of ether oxygens (including phenoxy) is 17. The zero-order valence-corrected chi connectivity index (χ0v) is 67.2. The normalized spacial score (nSPS) is 47.1. The van der Waals surface area contributed by atoms with E-state index in [9.17, 15) is 141 Å². The number of carbonyl (C=O) groups excluding carboxylic acids is 4. The first-order valence-corrected chi connectivity index (χ1v) is 40.0. The molecule has 0 radical (unpaired) electrons. The molecule has 4 amide bonds. The van der Waals surface area contributed by atoms with Crippen molar-refractivity contribution in [3.8, 4) is 0 Å². The van der Waals surface area contributed by atoms with Crippen LogP contribution in [0.4, 0.5) is 0 Å². The van der Waals surface area contributed by atoms with Crippen LogP contribution in [0, 0.1) is 0 Å². The van der Waals surface area contributed by atoms with Crippen molar-refractivity contribution in [2.24, 2.45) is 0 Å². The topological polar surface area (TPSA) is 774 Å². The van der Waals surface area contributed by atoms with Crippen molar-refractivity contribution < 1.29 is 235 Å². The number of hydrogen-bond donors (Lipinski definition) is 27. The SMILES string of the molecule is CC(=O)N[C@@H]1[C@@H](O[C@@H]2O[C@@H](C)[C@@H](O)[C@@H](O)[C@@H]2O)[C@H](O[C@@H]2O[C@H](CO)[C@@H](O[C@@H]3O[C@H](CO[C@H]4O[C@H](CO)[C@@H](O)[C@H](O)[C@@H]4O[C@@H]4O[C@H](CO)[C@@H](O)[C@H](O)[C@H]4NC(C)=O)[C@@H](O)[C@H](O[C@H]4O[C@H](CO)[C@@H](O)[C@H](O)[C@@H]4O[C@@H]4O[C@H](COP(=O)(O)OCC[N+](C)(C)C)[C@@H](O)[C@H](O)[C@H]4NC(C)=O)[C@@H]3O)[C@H](O)[C@H]2NC(C)=O)[C@@H](CO[C@@H]2O[C@@H](C)[C@@H](O)[C@@H](O)[C@@H]2O)O[C@H]1O. The van der Waals surface area contributed by atoms with E-state index in [0.29, 0.717) is 0 Å². The summed E-state index contributed by atoms with van der Waals surface area (Å²) in [6, 6.07) is -7.60. The number of nitrogens with zero attached hydrogens (tertiary/aromatic N) is 1. The summed E-state index contributed by atoms with van der Waals surface area (Å²) < 4.78 is 126. The van der Waals surface area contributed by atoms with Crippen molar-refractivity contribution in [3.63, 3.8) is 0 Å². The van der Waals surface area contributed by atoms with Gasteiger partial charge in [0.2, 0.25) is 23.6 Å². The molecule has 0 aromatic heterocycles. The van der Waals surface area contributed by atoms with Crippen molar-refractivity contribution in [3.05, 3.63) is 0 Å². The molecule has 0 saturated carbocycles. The second-order valence-electron chi connectivity index (χ2n) is 31.6. The summed E-state index contributed by atoms with van der Waals surface area (Å²) in [7, 11) is 0.226.